The number of hydrogen-bond donors (Lipinski definition) is 1. The van der Waals surface area contributed by atoms with E-state index in [0.29, 0.717) is 24.0 Å². The molecule has 158 valence electrons. The average molecular weight is 429 g/mol. The second-order valence-electron chi connectivity index (χ2n) is 8.06. The number of benzene rings is 1. The number of halogens is 1. The van der Waals surface area contributed by atoms with Crippen LogP contribution in [0.15, 0.2) is 42.7 Å². The number of ketones is 1. The van der Waals surface area contributed by atoms with Gasteiger partial charge in [0.25, 0.3) is 5.91 Å². The first-order valence-electron chi connectivity index (χ1n) is 10.4. The van der Waals surface area contributed by atoms with Gasteiger partial charge in [-0.3, -0.25) is 19.1 Å². The van der Waals surface area contributed by atoms with Crippen molar-refractivity contribution in [1.82, 2.24) is 20.0 Å². The Balaban J connectivity index is 1.27. The lowest BCUT2D eigenvalue weighted by Gasteiger charge is -2.30. The van der Waals surface area contributed by atoms with Crippen molar-refractivity contribution in [2.75, 3.05) is 13.1 Å². The van der Waals surface area contributed by atoms with E-state index in [-0.39, 0.29) is 18.5 Å². The molecule has 2 amide bonds. The van der Waals surface area contributed by atoms with Crippen LogP contribution in [-0.4, -0.2) is 51.4 Å². The molecule has 8 heteroatoms. The van der Waals surface area contributed by atoms with Gasteiger partial charge in [-0.25, -0.2) is 0 Å². The molecule has 1 saturated carbocycles. The first-order chi connectivity index (χ1) is 14.5. The molecule has 1 saturated heterocycles. The summed E-state index contributed by atoms with van der Waals surface area (Å²) in [5.74, 6) is -1.96. The molecule has 2 fully saturated rings. The highest BCUT2D eigenvalue weighted by atomic mass is 35.5. The lowest BCUT2D eigenvalue weighted by Crippen LogP contribution is -2.43. The fourth-order valence-corrected chi connectivity index (χ4v) is 4.52. The maximum Gasteiger partial charge on any atom is 0.290 e. The topological polar surface area (TPSA) is 84.3 Å². The zero-order valence-electron chi connectivity index (χ0n) is 16.7. The van der Waals surface area contributed by atoms with Crippen LogP contribution < -0.4 is 5.32 Å². The average Bonchev–Trinajstić information content (AvgIpc) is 3.31. The van der Waals surface area contributed by atoms with Gasteiger partial charge in [-0.05, 0) is 37.2 Å². The summed E-state index contributed by atoms with van der Waals surface area (Å²) < 4.78 is 1.61. The highest BCUT2D eigenvalue weighted by Gasteiger charge is 2.43. The van der Waals surface area contributed by atoms with Crippen LogP contribution in [0.1, 0.15) is 37.2 Å². The van der Waals surface area contributed by atoms with Crippen molar-refractivity contribution >= 4 is 29.2 Å². The molecule has 1 N–H and O–H groups in total. The largest absolute Gasteiger partial charge is 0.353 e. The predicted molar refractivity (Wildman–Crippen MR) is 112 cm³/mol. The normalized spacial score (nSPS) is 24.3. The van der Waals surface area contributed by atoms with Gasteiger partial charge in [0.2, 0.25) is 11.7 Å². The van der Waals surface area contributed by atoms with Crippen LogP contribution in [0.25, 0.3) is 0 Å². The molecule has 0 radical (unpaired) electrons. The molecule has 1 unspecified atom stereocenters. The molecule has 2 aliphatic rings. The quantitative estimate of drug-likeness (QED) is 0.565. The van der Waals surface area contributed by atoms with Crippen LogP contribution in [0, 0.1) is 5.92 Å². The molecule has 4 rings (SSSR count). The van der Waals surface area contributed by atoms with Gasteiger partial charge >= 0.3 is 0 Å². The number of nitrogens with zero attached hydrogens (tertiary/aromatic N) is 3. The van der Waals surface area contributed by atoms with Crippen LogP contribution in [0.2, 0.25) is 5.02 Å². The minimum Gasteiger partial charge on any atom is -0.353 e. The number of rotatable bonds is 6. The lowest BCUT2D eigenvalue weighted by molar-refractivity contribution is -0.142. The van der Waals surface area contributed by atoms with E-state index in [2.05, 4.69) is 34.7 Å². The van der Waals surface area contributed by atoms with E-state index in [1.807, 2.05) is 6.07 Å². The molecule has 1 aromatic carbocycles. The summed E-state index contributed by atoms with van der Waals surface area (Å²) in [7, 11) is 0. The van der Waals surface area contributed by atoms with Crippen molar-refractivity contribution in [2.45, 2.75) is 44.2 Å². The molecule has 2 aromatic rings. The SMILES string of the molecule is O=C(NC1CCC(c2ccccc2)CC1)C1CN(CCn2cc(Cl)cn2)C(=O)C1=O. The lowest BCUT2D eigenvalue weighted by atomic mass is 9.81. The second kappa shape index (κ2) is 9.00. The molecule has 1 aliphatic heterocycles. The first-order valence-corrected chi connectivity index (χ1v) is 10.8. The van der Waals surface area contributed by atoms with Crippen LogP contribution in [0.3, 0.4) is 0 Å². The van der Waals surface area contributed by atoms with E-state index in [1.54, 1.807) is 10.9 Å². The molecular formula is C22H25ClN4O3. The zero-order valence-corrected chi connectivity index (χ0v) is 17.4. The minimum atomic E-state index is -0.925. The molecule has 30 heavy (non-hydrogen) atoms. The second-order valence-corrected chi connectivity index (χ2v) is 8.49. The molecule has 1 atom stereocenters. The molecule has 0 spiro atoms. The van der Waals surface area contributed by atoms with Crippen LogP contribution in [0.4, 0.5) is 0 Å². The summed E-state index contributed by atoms with van der Waals surface area (Å²) in [6.07, 6.45) is 6.94. The van der Waals surface area contributed by atoms with Crippen LogP contribution in [0.5, 0.6) is 0 Å². The Hall–Kier alpha value is -2.67. The number of nitrogens with one attached hydrogen (secondary N) is 1. The van der Waals surface area contributed by atoms with Crippen molar-refractivity contribution in [1.29, 1.82) is 0 Å². The van der Waals surface area contributed by atoms with Gasteiger partial charge in [-0.1, -0.05) is 41.9 Å². The van der Waals surface area contributed by atoms with Gasteiger partial charge in [0.05, 0.1) is 17.8 Å². The maximum atomic E-state index is 12.7. The third kappa shape index (κ3) is 4.56. The van der Waals surface area contributed by atoms with Crippen molar-refractivity contribution < 1.29 is 14.4 Å². The fraction of sp³-hybridized carbons (Fsp3) is 0.455. The summed E-state index contributed by atoms with van der Waals surface area (Å²) in [5, 5.41) is 7.58. The Bertz CT molecular complexity index is 921. The van der Waals surface area contributed by atoms with Gasteiger partial charge in [0.15, 0.2) is 0 Å². The van der Waals surface area contributed by atoms with Gasteiger partial charge in [-0.15, -0.1) is 0 Å². The number of Topliss-reactive ketones (excluding diaryl/α,β-unsaturated/α-hetero) is 1. The summed E-state index contributed by atoms with van der Waals surface area (Å²) in [5.41, 5.74) is 1.34. The van der Waals surface area contributed by atoms with E-state index in [0.717, 1.165) is 25.7 Å². The number of carbonyl (C=O) groups is 3. The Morgan fingerprint density at radius 1 is 1.10 bits per heavy atom. The van der Waals surface area contributed by atoms with E-state index in [4.69, 9.17) is 11.6 Å². The predicted octanol–water partition coefficient (Wildman–Crippen LogP) is 2.41. The Kier molecular flexibility index (Phi) is 6.18. The highest BCUT2D eigenvalue weighted by molar-refractivity contribution is 6.42. The number of carbonyl (C=O) groups excluding carboxylic acids is 3. The number of likely N-dealkylation sites (tertiary alicyclic amines) is 1. The molecule has 0 bridgehead atoms. The zero-order chi connectivity index (χ0) is 21.1. The third-order valence-electron chi connectivity index (χ3n) is 6.08. The fourth-order valence-electron chi connectivity index (χ4n) is 4.37. The van der Waals surface area contributed by atoms with Gasteiger partial charge in [0, 0.05) is 25.3 Å². The Morgan fingerprint density at radius 3 is 2.50 bits per heavy atom. The van der Waals surface area contributed by atoms with Crippen LogP contribution in [-0.2, 0) is 20.9 Å². The molecule has 7 nitrogen and oxygen atoms in total. The maximum absolute atomic E-state index is 12.7. The first kappa shape index (κ1) is 20.6. The molecule has 2 heterocycles. The number of hydrogen-bond acceptors (Lipinski definition) is 4. The standard InChI is InChI=1S/C22H25ClN4O3/c23-17-12-24-27(13-17)11-10-26-14-19(20(28)22(26)30)21(29)25-18-8-6-16(7-9-18)15-4-2-1-3-5-15/h1-5,12-13,16,18-19H,6-11,14H2,(H,25,29). The van der Waals surface area contributed by atoms with Gasteiger partial charge < -0.3 is 10.2 Å². The van der Waals surface area contributed by atoms with Gasteiger partial charge in [0.1, 0.15) is 5.92 Å². The number of amides is 2. The summed E-state index contributed by atoms with van der Waals surface area (Å²) in [6.45, 7) is 0.857. The smallest absolute Gasteiger partial charge is 0.290 e. The molecule has 1 aliphatic carbocycles. The monoisotopic (exact) mass is 428 g/mol. The summed E-state index contributed by atoms with van der Waals surface area (Å²) >= 11 is 5.84. The molecular weight excluding hydrogens is 404 g/mol. The van der Waals surface area contributed by atoms with Crippen molar-refractivity contribution in [3.05, 3.63) is 53.3 Å². The van der Waals surface area contributed by atoms with Gasteiger partial charge in [-0.2, -0.15) is 5.10 Å². The summed E-state index contributed by atoms with van der Waals surface area (Å²) in [6, 6.07) is 10.5. The van der Waals surface area contributed by atoms with Crippen molar-refractivity contribution in [3.63, 3.8) is 0 Å². The summed E-state index contributed by atoms with van der Waals surface area (Å²) in [4.78, 5) is 38.8. The van der Waals surface area contributed by atoms with E-state index >= 15 is 0 Å². The molecule has 1 aromatic heterocycles. The minimum absolute atomic E-state index is 0.0561. The Labute approximate surface area is 180 Å². The van der Waals surface area contributed by atoms with Crippen molar-refractivity contribution in [3.8, 4) is 0 Å². The third-order valence-corrected chi connectivity index (χ3v) is 6.27. The van der Waals surface area contributed by atoms with Crippen LogP contribution >= 0.6 is 11.6 Å². The van der Waals surface area contributed by atoms with E-state index < -0.39 is 17.6 Å². The van der Waals surface area contributed by atoms with E-state index in [9.17, 15) is 14.4 Å². The number of aromatic nitrogens is 2. The van der Waals surface area contributed by atoms with E-state index in [1.165, 1.54) is 16.7 Å². The Morgan fingerprint density at radius 2 is 1.83 bits per heavy atom. The highest BCUT2D eigenvalue weighted by Crippen LogP contribution is 2.32. The van der Waals surface area contributed by atoms with Crippen molar-refractivity contribution in [2.24, 2.45) is 5.92 Å².